The number of imidazole rings is 1. The maximum absolute atomic E-state index is 12.7. The van der Waals surface area contributed by atoms with Gasteiger partial charge in [-0.2, -0.15) is 4.39 Å². The van der Waals surface area contributed by atoms with Crippen LogP contribution in [0, 0.1) is 5.95 Å². The molecule has 0 atom stereocenters. The van der Waals surface area contributed by atoms with E-state index in [2.05, 4.69) is 14.8 Å². The van der Waals surface area contributed by atoms with E-state index in [1.807, 2.05) is 0 Å². The van der Waals surface area contributed by atoms with E-state index in [0.29, 0.717) is 5.65 Å². The summed E-state index contributed by atoms with van der Waals surface area (Å²) in [6.07, 6.45) is 1.31. The molecule has 72 valence electrons. The van der Waals surface area contributed by atoms with Gasteiger partial charge in [0.2, 0.25) is 5.95 Å². The quantitative estimate of drug-likeness (QED) is 0.627. The molecular formula is C8H6FN3O2. The topological polar surface area (TPSA) is 56.5 Å². The van der Waals surface area contributed by atoms with Crippen LogP contribution in [0.3, 0.4) is 0 Å². The highest BCUT2D eigenvalue weighted by molar-refractivity contribution is 5.87. The molecule has 2 rings (SSSR count). The number of carbonyl (C=O) groups is 1. The van der Waals surface area contributed by atoms with Crippen molar-refractivity contribution in [3.8, 4) is 0 Å². The van der Waals surface area contributed by atoms with Crippen LogP contribution in [0.1, 0.15) is 10.5 Å². The normalized spacial score (nSPS) is 10.4. The van der Waals surface area contributed by atoms with Gasteiger partial charge in [-0.05, 0) is 12.1 Å². The molecule has 2 aromatic heterocycles. The lowest BCUT2D eigenvalue weighted by atomic mass is 10.5. The summed E-state index contributed by atoms with van der Waals surface area (Å²) in [6, 6.07) is 2.60. The highest BCUT2D eigenvalue weighted by Crippen LogP contribution is 2.04. The van der Waals surface area contributed by atoms with Crippen molar-refractivity contribution in [1.29, 1.82) is 0 Å². The van der Waals surface area contributed by atoms with E-state index in [1.165, 1.54) is 30.0 Å². The highest BCUT2D eigenvalue weighted by atomic mass is 19.1. The van der Waals surface area contributed by atoms with Gasteiger partial charge >= 0.3 is 5.97 Å². The molecule has 6 heteroatoms. The first-order valence-electron chi connectivity index (χ1n) is 3.81. The third kappa shape index (κ3) is 1.30. The van der Waals surface area contributed by atoms with Crippen molar-refractivity contribution in [3.05, 3.63) is 30.0 Å². The van der Waals surface area contributed by atoms with Crippen LogP contribution in [0.4, 0.5) is 4.39 Å². The van der Waals surface area contributed by atoms with E-state index in [0.717, 1.165) is 0 Å². The number of carbonyl (C=O) groups excluding carboxylic acids is 1. The number of methoxy groups -OCH3 is 1. The number of aromatic nitrogens is 3. The van der Waals surface area contributed by atoms with Gasteiger partial charge in [0.15, 0.2) is 11.3 Å². The second-order valence-electron chi connectivity index (χ2n) is 2.58. The molecule has 0 aliphatic carbocycles. The molecule has 14 heavy (non-hydrogen) atoms. The van der Waals surface area contributed by atoms with Crippen LogP contribution in [0.25, 0.3) is 5.65 Å². The van der Waals surface area contributed by atoms with Crippen LogP contribution in [-0.2, 0) is 4.74 Å². The monoisotopic (exact) mass is 195 g/mol. The summed E-state index contributed by atoms with van der Waals surface area (Å²) in [5.41, 5.74) is 0.498. The fraction of sp³-hybridized carbons (Fsp3) is 0.125. The predicted octanol–water partition coefficient (Wildman–Crippen LogP) is 0.655. The summed E-state index contributed by atoms with van der Waals surface area (Å²) in [7, 11) is 1.25. The Bertz CT molecular complexity index is 494. The molecular weight excluding hydrogens is 189 g/mol. The molecule has 0 aliphatic rings. The molecule has 0 radical (unpaired) electrons. The Hall–Kier alpha value is -1.98. The second-order valence-corrected chi connectivity index (χ2v) is 2.58. The van der Waals surface area contributed by atoms with Crippen LogP contribution in [0.15, 0.2) is 18.3 Å². The van der Waals surface area contributed by atoms with Gasteiger partial charge in [0.1, 0.15) is 0 Å². The smallest absolute Gasteiger partial charge is 0.358 e. The van der Waals surface area contributed by atoms with E-state index in [-0.39, 0.29) is 5.69 Å². The van der Waals surface area contributed by atoms with Crippen LogP contribution in [-0.4, -0.2) is 27.7 Å². The van der Waals surface area contributed by atoms with Gasteiger partial charge in [0.25, 0.3) is 0 Å². The predicted molar refractivity (Wildman–Crippen MR) is 44.3 cm³/mol. The Morgan fingerprint density at radius 2 is 2.36 bits per heavy atom. The number of hydrogen-bond donors (Lipinski definition) is 0. The first-order chi connectivity index (χ1) is 6.70. The van der Waals surface area contributed by atoms with E-state index >= 15 is 0 Å². The van der Waals surface area contributed by atoms with Crippen molar-refractivity contribution in [2.75, 3.05) is 7.11 Å². The van der Waals surface area contributed by atoms with Crippen LogP contribution in [0.5, 0.6) is 0 Å². The molecule has 0 unspecified atom stereocenters. The van der Waals surface area contributed by atoms with Crippen LogP contribution in [0.2, 0.25) is 0 Å². The molecule has 0 bridgehead atoms. The molecule has 2 aromatic rings. The van der Waals surface area contributed by atoms with E-state index in [1.54, 1.807) is 0 Å². The van der Waals surface area contributed by atoms with E-state index in [9.17, 15) is 9.18 Å². The molecule has 5 nitrogen and oxygen atoms in total. The van der Waals surface area contributed by atoms with Crippen molar-refractivity contribution in [2.45, 2.75) is 0 Å². The number of rotatable bonds is 1. The largest absolute Gasteiger partial charge is 0.464 e. The molecule has 0 amide bonds. The zero-order valence-corrected chi connectivity index (χ0v) is 7.27. The number of hydrogen-bond acceptors (Lipinski definition) is 4. The molecule has 0 saturated heterocycles. The number of nitrogens with zero attached hydrogens (tertiary/aromatic N) is 3. The number of halogens is 1. The Morgan fingerprint density at radius 1 is 1.57 bits per heavy atom. The minimum Gasteiger partial charge on any atom is -0.464 e. The number of ether oxygens (including phenoxy) is 1. The van der Waals surface area contributed by atoms with Gasteiger partial charge in [-0.1, -0.05) is 0 Å². The van der Waals surface area contributed by atoms with Crippen molar-refractivity contribution in [3.63, 3.8) is 0 Å². The average molecular weight is 195 g/mol. The molecule has 0 aromatic carbocycles. The van der Waals surface area contributed by atoms with Crippen LogP contribution < -0.4 is 0 Å². The van der Waals surface area contributed by atoms with Gasteiger partial charge in [-0.25, -0.2) is 14.3 Å². The molecule has 0 spiro atoms. The van der Waals surface area contributed by atoms with Crippen LogP contribution >= 0.6 is 0 Å². The van der Waals surface area contributed by atoms with Crippen molar-refractivity contribution in [1.82, 2.24) is 14.6 Å². The lowest BCUT2D eigenvalue weighted by molar-refractivity contribution is 0.0594. The lowest BCUT2D eigenvalue weighted by Gasteiger charge is -1.89. The third-order valence-electron chi connectivity index (χ3n) is 1.68. The Kier molecular flexibility index (Phi) is 1.88. The van der Waals surface area contributed by atoms with Crippen molar-refractivity contribution < 1.29 is 13.9 Å². The first-order valence-corrected chi connectivity index (χ1v) is 3.81. The van der Waals surface area contributed by atoms with Gasteiger partial charge in [-0.15, -0.1) is 5.10 Å². The standard InChI is InChI=1S/C8H6FN3O2/c1-14-8(13)5-4-12-7(10-5)3-2-6(9)11-12/h2-4H,1H3. The SMILES string of the molecule is COC(=O)c1cn2nc(F)ccc2n1. The zero-order chi connectivity index (χ0) is 10.1. The summed E-state index contributed by atoms with van der Waals surface area (Å²) in [4.78, 5) is 14.9. The first kappa shape index (κ1) is 8.61. The molecule has 0 fully saturated rings. The van der Waals surface area contributed by atoms with Crippen molar-refractivity contribution in [2.24, 2.45) is 0 Å². The Morgan fingerprint density at radius 3 is 3.07 bits per heavy atom. The number of fused-ring (bicyclic) bond motifs is 1. The molecule has 0 saturated carbocycles. The summed E-state index contributed by atoms with van der Waals surface area (Å²) in [5, 5.41) is 3.49. The van der Waals surface area contributed by atoms with E-state index in [4.69, 9.17) is 0 Å². The van der Waals surface area contributed by atoms with Gasteiger partial charge in [0.05, 0.1) is 13.3 Å². The maximum atomic E-state index is 12.7. The highest BCUT2D eigenvalue weighted by Gasteiger charge is 2.11. The molecule has 2 heterocycles. The third-order valence-corrected chi connectivity index (χ3v) is 1.68. The van der Waals surface area contributed by atoms with Gasteiger partial charge in [0, 0.05) is 0 Å². The summed E-state index contributed by atoms with van der Waals surface area (Å²) in [5.74, 6) is -1.21. The van der Waals surface area contributed by atoms with E-state index < -0.39 is 11.9 Å². The fourth-order valence-corrected chi connectivity index (χ4v) is 1.06. The van der Waals surface area contributed by atoms with Gasteiger partial charge < -0.3 is 4.74 Å². The summed E-state index contributed by atoms with van der Waals surface area (Å²) < 4.78 is 18.3. The van der Waals surface area contributed by atoms with Gasteiger partial charge in [-0.3, -0.25) is 0 Å². The summed E-state index contributed by atoms with van der Waals surface area (Å²) in [6.45, 7) is 0. The Balaban J connectivity index is 2.56. The lowest BCUT2D eigenvalue weighted by Crippen LogP contribution is -2.00. The summed E-state index contributed by atoms with van der Waals surface area (Å²) >= 11 is 0. The molecule has 0 N–H and O–H groups in total. The number of esters is 1. The molecule has 0 aliphatic heterocycles. The zero-order valence-electron chi connectivity index (χ0n) is 7.27. The minimum absolute atomic E-state index is 0.102. The second kappa shape index (κ2) is 3.06. The average Bonchev–Trinajstić information content (AvgIpc) is 2.59. The van der Waals surface area contributed by atoms with Crippen molar-refractivity contribution >= 4 is 11.6 Å². The maximum Gasteiger partial charge on any atom is 0.358 e. The Labute approximate surface area is 78.1 Å². The fourth-order valence-electron chi connectivity index (χ4n) is 1.06. The minimum atomic E-state index is -0.633.